The summed E-state index contributed by atoms with van der Waals surface area (Å²) in [4.78, 5) is 6.05. The average Bonchev–Trinajstić information content (AvgIpc) is 3.13. The Morgan fingerprint density at radius 3 is 2.65 bits per heavy atom. The number of halogens is 1. The summed E-state index contributed by atoms with van der Waals surface area (Å²) in [6.45, 7) is 9.01. The zero-order chi connectivity index (χ0) is 16.0. The SMILES string of the molecule is CCNC(=NCc1ccn(C)c1)NCC(C)(C)c1cccs1.I. The van der Waals surface area contributed by atoms with Crippen LogP contribution in [0.25, 0.3) is 0 Å². The number of hydrogen-bond donors (Lipinski definition) is 2. The Hall–Kier alpha value is -1.02. The van der Waals surface area contributed by atoms with E-state index >= 15 is 0 Å². The van der Waals surface area contributed by atoms with Crippen molar-refractivity contribution in [2.45, 2.75) is 32.7 Å². The standard InChI is InChI=1S/C17H26N4S.HI/c1-5-18-16(19-11-14-8-9-21(4)12-14)20-13-17(2,3)15-7-6-10-22-15;/h6-10,12H,5,11,13H2,1-4H3,(H2,18,19,20);1H. The molecule has 0 unspecified atom stereocenters. The molecule has 0 atom stereocenters. The molecule has 2 aromatic heterocycles. The van der Waals surface area contributed by atoms with Crippen molar-refractivity contribution < 1.29 is 0 Å². The molecule has 4 nitrogen and oxygen atoms in total. The van der Waals surface area contributed by atoms with Crippen LogP contribution in [-0.4, -0.2) is 23.6 Å². The Bertz CT molecular complexity index is 602. The molecule has 128 valence electrons. The van der Waals surface area contributed by atoms with Gasteiger partial charge in [-0.1, -0.05) is 19.9 Å². The van der Waals surface area contributed by atoms with E-state index in [0.29, 0.717) is 6.54 Å². The van der Waals surface area contributed by atoms with Crippen molar-refractivity contribution in [3.05, 3.63) is 46.4 Å². The smallest absolute Gasteiger partial charge is 0.191 e. The number of aromatic nitrogens is 1. The molecule has 6 heteroatoms. The van der Waals surface area contributed by atoms with Crippen LogP contribution in [0.4, 0.5) is 0 Å². The molecule has 0 amide bonds. The highest BCUT2D eigenvalue weighted by atomic mass is 127. The first-order valence-corrected chi connectivity index (χ1v) is 8.56. The van der Waals surface area contributed by atoms with Crippen molar-refractivity contribution in [3.63, 3.8) is 0 Å². The molecule has 2 heterocycles. The first kappa shape index (κ1) is 20.0. The minimum absolute atomic E-state index is 0. The average molecular weight is 446 g/mol. The van der Waals surface area contributed by atoms with Crippen molar-refractivity contribution in [2.75, 3.05) is 13.1 Å². The van der Waals surface area contributed by atoms with Gasteiger partial charge in [0.2, 0.25) is 0 Å². The first-order chi connectivity index (χ1) is 10.5. The van der Waals surface area contributed by atoms with Crippen molar-refractivity contribution in [1.29, 1.82) is 0 Å². The van der Waals surface area contributed by atoms with Crippen molar-refractivity contribution in [3.8, 4) is 0 Å². The maximum Gasteiger partial charge on any atom is 0.191 e. The fourth-order valence-corrected chi connectivity index (χ4v) is 3.07. The summed E-state index contributed by atoms with van der Waals surface area (Å²) in [5.41, 5.74) is 1.31. The molecule has 0 fully saturated rings. The van der Waals surface area contributed by atoms with E-state index in [4.69, 9.17) is 0 Å². The van der Waals surface area contributed by atoms with E-state index in [-0.39, 0.29) is 29.4 Å². The molecule has 2 aromatic rings. The van der Waals surface area contributed by atoms with Gasteiger partial charge in [-0.15, -0.1) is 35.3 Å². The topological polar surface area (TPSA) is 41.4 Å². The number of rotatable bonds is 6. The molecule has 0 spiro atoms. The number of aryl methyl sites for hydroxylation is 1. The lowest BCUT2D eigenvalue weighted by Gasteiger charge is -2.25. The molecular weight excluding hydrogens is 419 g/mol. The maximum atomic E-state index is 4.67. The number of guanidine groups is 1. The van der Waals surface area contributed by atoms with Crippen LogP contribution < -0.4 is 10.6 Å². The maximum absolute atomic E-state index is 4.67. The zero-order valence-corrected chi connectivity index (χ0v) is 17.4. The fourth-order valence-electron chi connectivity index (χ4n) is 2.22. The van der Waals surface area contributed by atoms with Gasteiger partial charge in [-0.2, -0.15) is 0 Å². The summed E-state index contributed by atoms with van der Waals surface area (Å²) < 4.78 is 2.05. The largest absolute Gasteiger partial charge is 0.357 e. The third kappa shape index (κ3) is 6.18. The van der Waals surface area contributed by atoms with Gasteiger partial charge in [0.05, 0.1) is 6.54 Å². The highest BCUT2D eigenvalue weighted by Crippen LogP contribution is 2.26. The molecule has 2 rings (SSSR count). The molecule has 23 heavy (non-hydrogen) atoms. The lowest BCUT2D eigenvalue weighted by atomic mass is 9.91. The van der Waals surface area contributed by atoms with E-state index in [0.717, 1.165) is 19.0 Å². The predicted octanol–water partition coefficient (Wildman–Crippen LogP) is 3.74. The Labute approximate surface area is 160 Å². The monoisotopic (exact) mass is 446 g/mol. The second-order valence-electron chi connectivity index (χ2n) is 6.10. The van der Waals surface area contributed by atoms with Crippen LogP contribution >= 0.6 is 35.3 Å². The highest BCUT2D eigenvalue weighted by Gasteiger charge is 2.21. The second-order valence-corrected chi connectivity index (χ2v) is 7.04. The van der Waals surface area contributed by atoms with E-state index in [1.165, 1.54) is 10.4 Å². The molecular formula is C17H27IN4S. The number of thiophene rings is 1. The molecule has 0 saturated heterocycles. The van der Waals surface area contributed by atoms with Gasteiger partial charge in [-0.3, -0.25) is 0 Å². The fraction of sp³-hybridized carbons (Fsp3) is 0.471. The normalized spacial score (nSPS) is 11.9. The molecule has 2 N–H and O–H groups in total. The highest BCUT2D eigenvalue weighted by molar-refractivity contribution is 14.0. The van der Waals surface area contributed by atoms with Crippen LogP contribution in [0.2, 0.25) is 0 Å². The summed E-state index contributed by atoms with van der Waals surface area (Å²) in [5.74, 6) is 0.871. The van der Waals surface area contributed by atoms with E-state index in [9.17, 15) is 0 Å². The van der Waals surface area contributed by atoms with Crippen LogP contribution in [0, 0.1) is 0 Å². The number of aliphatic imine (C=N–C) groups is 1. The minimum Gasteiger partial charge on any atom is -0.357 e. The molecule has 0 aromatic carbocycles. The zero-order valence-electron chi connectivity index (χ0n) is 14.3. The van der Waals surface area contributed by atoms with E-state index < -0.39 is 0 Å². The first-order valence-electron chi connectivity index (χ1n) is 7.68. The van der Waals surface area contributed by atoms with E-state index in [2.05, 4.69) is 66.2 Å². The number of nitrogens with one attached hydrogen (secondary N) is 2. The summed E-state index contributed by atoms with van der Waals surface area (Å²) in [7, 11) is 2.03. The van der Waals surface area contributed by atoms with Gasteiger partial charge in [-0.05, 0) is 30.0 Å². The Morgan fingerprint density at radius 1 is 1.30 bits per heavy atom. The van der Waals surface area contributed by atoms with Crippen molar-refractivity contribution in [2.24, 2.45) is 12.0 Å². The van der Waals surface area contributed by atoms with Gasteiger partial charge in [0.25, 0.3) is 0 Å². The molecule has 0 aliphatic carbocycles. The van der Waals surface area contributed by atoms with Crippen molar-refractivity contribution in [1.82, 2.24) is 15.2 Å². The van der Waals surface area contributed by atoms with Crippen LogP contribution in [0.1, 0.15) is 31.2 Å². The number of nitrogens with zero attached hydrogens (tertiary/aromatic N) is 2. The lowest BCUT2D eigenvalue weighted by Crippen LogP contribution is -2.43. The van der Waals surface area contributed by atoms with Crippen LogP contribution in [0.5, 0.6) is 0 Å². The molecule has 0 radical (unpaired) electrons. The summed E-state index contributed by atoms with van der Waals surface area (Å²) in [5, 5.41) is 8.91. The quantitative estimate of drug-likeness (QED) is 0.403. The third-order valence-electron chi connectivity index (χ3n) is 3.54. The summed E-state index contributed by atoms with van der Waals surface area (Å²) in [6, 6.07) is 6.40. The molecule has 0 bridgehead atoms. The summed E-state index contributed by atoms with van der Waals surface area (Å²) in [6.07, 6.45) is 4.15. The lowest BCUT2D eigenvalue weighted by molar-refractivity contribution is 0.518. The second kappa shape index (κ2) is 9.32. The Kier molecular flexibility index (Phi) is 8.11. The molecule has 0 aliphatic heterocycles. The third-order valence-corrected chi connectivity index (χ3v) is 4.78. The molecule has 0 aliphatic rings. The number of hydrogen-bond acceptors (Lipinski definition) is 2. The van der Waals surface area contributed by atoms with Crippen LogP contribution in [0.3, 0.4) is 0 Å². The van der Waals surface area contributed by atoms with Gasteiger partial charge in [0, 0.05) is 42.8 Å². The van der Waals surface area contributed by atoms with Crippen LogP contribution in [0.15, 0.2) is 41.0 Å². The minimum atomic E-state index is 0. The summed E-state index contributed by atoms with van der Waals surface area (Å²) >= 11 is 1.80. The van der Waals surface area contributed by atoms with Gasteiger partial charge in [0.15, 0.2) is 5.96 Å². The van der Waals surface area contributed by atoms with Crippen molar-refractivity contribution >= 4 is 41.3 Å². The van der Waals surface area contributed by atoms with Gasteiger partial charge >= 0.3 is 0 Å². The van der Waals surface area contributed by atoms with Crippen LogP contribution in [-0.2, 0) is 19.0 Å². The Balaban J connectivity index is 0.00000264. The van der Waals surface area contributed by atoms with E-state index in [1.807, 2.05) is 17.8 Å². The predicted molar refractivity (Wildman–Crippen MR) is 111 cm³/mol. The van der Waals surface area contributed by atoms with Gasteiger partial charge < -0.3 is 15.2 Å². The molecule has 0 saturated carbocycles. The van der Waals surface area contributed by atoms with E-state index in [1.54, 1.807) is 11.3 Å². The van der Waals surface area contributed by atoms with Gasteiger partial charge in [0.1, 0.15) is 0 Å². The van der Waals surface area contributed by atoms with Gasteiger partial charge in [-0.25, -0.2) is 4.99 Å². The Morgan fingerprint density at radius 2 is 2.09 bits per heavy atom.